The van der Waals surface area contributed by atoms with Crippen molar-refractivity contribution in [1.82, 2.24) is 15.1 Å². The van der Waals surface area contributed by atoms with E-state index in [-0.39, 0.29) is 0 Å². The highest BCUT2D eigenvalue weighted by Crippen LogP contribution is 2.04. The molecule has 5 nitrogen and oxygen atoms in total. The summed E-state index contributed by atoms with van der Waals surface area (Å²) in [5.74, 6) is -0.899. The second-order valence-electron chi connectivity index (χ2n) is 4.27. The summed E-state index contributed by atoms with van der Waals surface area (Å²) >= 11 is 0. The Labute approximate surface area is 111 Å². The van der Waals surface area contributed by atoms with Crippen LogP contribution >= 0.6 is 0 Å². The highest BCUT2D eigenvalue weighted by Gasteiger charge is 2.02. The minimum absolute atomic E-state index is 0.311. The number of nitrogens with zero attached hydrogens (tertiary/aromatic N) is 2. The number of rotatable bonds is 6. The minimum atomic E-state index is -0.899. The van der Waals surface area contributed by atoms with Crippen LogP contribution in [0.15, 0.2) is 36.5 Å². The molecular formula is C14H17N3O2. The Bertz CT molecular complexity index is 546. The molecule has 5 heteroatoms. The first-order chi connectivity index (χ1) is 9.19. The molecule has 1 aromatic carbocycles. The van der Waals surface area contributed by atoms with Crippen LogP contribution in [0.25, 0.3) is 0 Å². The summed E-state index contributed by atoms with van der Waals surface area (Å²) in [5, 5.41) is 16.5. The highest BCUT2D eigenvalue weighted by atomic mass is 16.4. The number of nitrogens with one attached hydrogen (secondary N) is 1. The number of hydrogen-bond donors (Lipinski definition) is 2. The van der Waals surface area contributed by atoms with E-state index in [2.05, 4.69) is 10.4 Å². The van der Waals surface area contributed by atoms with E-state index in [0.29, 0.717) is 18.7 Å². The van der Waals surface area contributed by atoms with Crippen molar-refractivity contribution in [2.24, 2.45) is 0 Å². The van der Waals surface area contributed by atoms with Crippen molar-refractivity contribution in [2.45, 2.75) is 26.6 Å². The molecule has 2 rings (SSSR count). The van der Waals surface area contributed by atoms with E-state index < -0.39 is 5.97 Å². The molecule has 0 aliphatic heterocycles. The average molecular weight is 259 g/mol. The van der Waals surface area contributed by atoms with Gasteiger partial charge in [-0.15, -0.1) is 0 Å². The molecule has 100 valence electrons. The maximum absolute atomic E-state index is 10.7. The van der Waals surface area contributed by atoms with Crippen LogP contribution in [0.1, 0.15) is 28.5 Å². The van der Waals surface area contributed by atoms with E-state index in [1.54, 1.807) is 12.1 Å². The number of carboxylic acid groups (broad SMARTS) is 1. The first kappa shape index (κ1) is 13.3. The Morgan fingerprint density at radius 1 is 1.26 bits per heavy atom. The highest BCUT2D eigenvalue weighted by molar-refractivity contribution is 5.87. The van der Waals surface area contributed by atoms with Gasteiger partial charge in [0.1, 0.15) is 0 Å². The van der Waals surface area contributed by atoms with Crippen LogP contribution in [-0.2, 0) is 19.6 Å². The standard InChI is InChI=1S/C14H17N3O2/c1-2-17-8-7-13(16-17)10-15-9-11-3-5-12(6-4-11)14(18)19/h3-8,15H,2,9-10H2,1H3,(H,18,19). The third-order valence-electron chi connectivity index (χ3n) is 2.86. The van der Waals surface area contributed by atoms with Gasteiger partial charge in [-0.05, 0) is 30.7 Å². The fourth-order valence-corrected chi connectivity index (χ4v) is 1.77. The van der Waals surface area contributed by atoms with E-state index >= 15 is 0 Å². The van der Waals surface area contributed by atoms with Crippen molar-refractivity contribution in [2.75, 3.05) is 0 Å². The van der Waals surface area contributed by atoms with Gasteiger partial charge in [0.15, 0.2) is 0 Å². The molecule has 1 aromatic heterocycles. The Morgan fingerprint density at radius 3 is 2.58 bits per heavy atom. The molecule has 0 spiro atoms. The molecule has 2 N–H and O–H groups in total. The maximum atomic E-state index is 10.7. The molecular weight excluding hydrogens is 242 g/mol. The van der Waals surface area contributed by atoms with E-state index in [9.17, 15) is 4.79 Å². The SMILES string of the molecule is CCn1ccc(CNCc2ccc(C(=O)O)cc2)n1. The molecule has 1 heterocycles. The van der Waals surface area contributed by atoms with Crippen LogP contribution in [0.5, 0.6) is 0 Å². The lowest BCUT2D eigenvalue weighted by molar-refractivity contribution is 0.0697. The lowest BCUT2D eigenvalue weighted by atomic mass is 10.1. The van der Waals surface area contributed by atoms with Gasteiger partial charge in [0.2, 0.25) is 0 Å². The van der Waals surface area contributed by atoms with Crippen molar-refractivity contribution in [1.29, 1.82) is 0 Å². The van der Waals surface area contributed by atoms with E-state index in [1.807, 2.05) is 36.0 Å². The van der Waals surface area contributed by atoms with Gasteiger partial charge in [0.25, 0.3) is 0 Å². The number of aromatic nitrogens is 2. The topological polar surface area (TPSA) is 67.2 Å². The molecule has 2 aromatic rings. The summed E-state index contributed by atoms with van der Waals surface area (Å²) in [5.41, 5.74) is 2.37. The average Bonchev–Trinajstić information content (AvgIpc) is 2.87. The molecule has 0 radical (unpaired) electrons. The Balaban J connectivity index is 1.83. The van der Waals surface area contributed by atoms with Crippen LogP contribution in [0.2, 0.25) is 0 Å². The first-order valence-electron chi connectivity index (χ1n) is 6.24. The second-order valence-corrected chi connectivity index (χ2v) is 4.27. The van der Waals surface area contributed by atoms with Crippen molar-refractivity contribution in [3.8, 4) is 0 Å². The summed E-state index contributed by atoms with van der Waals surface area (Å²) in [6.07, 6.45) is 1.96. The first-order valence-corrected chi connectivity index (χ1v) is 6.24. The second kappa shape index (κ2) is 6.15. The molecule has 0 saturated carbocycles. The van der Waals surface area contributed by atoms with Crippen LogP contribution in [0, 0.1) is 0 Å². The summed E-state index contributed by atoms with van der Waals surface area (Å²) in [4.78, 5) is 10.7. The smallest absolute Gasteiger partial charge is 0.335 e. The number of carboxylic acids is 1. The van der Waals surface area contributed by atoms with Gasteiger partial charge in [-0.25, -0.2) is 4.79 Å². The van der Waals surface area contributed by atoms with Crippen LogP contribution in [0.4, 0.5) is 0 Å². The van der Waals surface area contributed by atoms with Gasteiger partial charge in [-0.1, -0.05) is 12.1 Å². The summed E-state index contributed by atoms with van der Waals surface area (Å²) in [7, 11) is 0. The summed E-state index contributed by atoms with van der Waals surface area (Å²) in [6, 6.07) is 8.86. The van der Waals surface area contributed by atoms with Crippen molar-refractivity contribution in [3.63, 3.8) is 0 Å². The maximum Gasteiger partial charge on any atom is 0.335 e. The van der Waals surface area contributed by atoms with Gasteiger partial charge in [-0.2, -0.15) is 5.10 Å². The van der Waals surface area contributed by atoms with E-state index in [0.717, 1.165) is 17.8 Å². The Hall–Kier alpha value is -2.14. The van der Waals surface area contributed by atoms with Crippen molar-refractivity contribution in [3.05, 3.63) is 53.3 Å². The van der Waals surface area contributed by atoms with Crippen LogP contribution < -0.4 is 5.32 Å². The van der Waals surface area contributed by atoms with Crippen LogP contribution in [0.3, 0.4) is 0 Å². The number of hydrogen-bond acceptors (Lipinski definition) is 3. The lowest BCUT2D eigenvalue weighted by Gasteiger charge is -2.03. The quantitative estimate of drug-likeness (QED) is 0.831. The molecule has 19 heavy (non-hydrogen) atoms. The third kappa shape index (κ3) is 3.66. The molecule has 0 aliphatic carbocycles. The zero-order valence-electron chi connectivity index (χ0n) is 10.8. The Kier molecular flexibility index (Phi) is 4.30. The molecule has 0 saturated heterocycles. The summed E-state index contributed by atoms with van der Waals surface area (Å²) < 4.78 is 1.89. The predicted octanol–water partition coefficient (Wildman–Crippen LogP) is 1.89. The molecule has 0 amide bonds. The predicted molar refractivity (Wildman–Crippen MR) is 71.8 cm³/mol. The minimum Gasteiger partial charge on any atom is -0.478 e. The fourth-order valence-electron chi connectivity index (χ4n) is 1.77. The molecule has 0 unspecified atom stereocenters. The number of aromatic carboxylic acids is 1. The summed E-state index contributed by atoms with van der Waals surface area (Å²) in [6.45, 7) is 4.32. The van der Waals surface area contributed by atoms with E-state index in [1.165, 1.54) is 0 Å². The lowest BCUT2D eigenvalue weighted by Crippen LogP contribution is -2.13. The van der Waals surface area contributed by atoms with Gasteiger partial charge < -0.3 is 10.4 Å². The monoisotopic (exact) mass is 259 g/mol. The van der Waals surface area contributed by atoms with E-state index in [4.69, 9.17) is 5.11 Å². The van der Waals surface area contributed by atoms with Crippen LogP contribution in [-0.4, -0.2) is 20.9 Å². The molecule has 0 aliphatic rings. The van der Waals surface area contributed by atoms with Gasteiger partial charge in [0.05, 0.1) is 11.3 Å². The van der Waals surface area contributed by atoms with Gasteiger partial charge in [0, 0.05) is 25.8 Å². The molecule has 0 fully saturated rings. The number of aryl methyl sites for hydroxylation is 1. The van der Waals surface area contributed by atoms with Crippen molar-refractivity contribution >= 4 is 5.97 Å². The Morgan fingerprint density at radius 2 is 2.00 bits per heavy atom. The number of benzene rings is 1. The van der Waals surface area contributed by atoms with Gasteiger partial charge in [-0.3, -0.25) is 4.68 Å². The fraction of sp³-hybridized carbons (Fsp3) is 0.286. The zero-order valence-corrected chi connectivity index (χ0v) is 10.8. The largest absolute Gasteiger partial charge is 0.478 e. The normalized spacial score (nSPS) is 10.6. The number of carbonyl (C=O) groups is 1. The third-order valence-corrected chi connectivity index (χ3v) is 2.86. The van der Waals surface area contributed by atoms with Gasteiger partial charge >= 0.3 is 5.97 Å². The molecule has 0 bridgehead atoms. The zero-order chi connectivity index (χ0) is 13.7. The van der Waals surface area contributed by atoms with Crippen molar-refractivity contribution < 1.29 is 9.90 Å². The molecule has 0 atom stereocenters.